The lowest BCUT2D eigenvalue weighted by atomic mass is 10.2. The Kier molecular flexibility index (Phi) is 5.57. The molecule has 0 aliphatic carbocycles. The molecule has 2 rings (SSSR count). The molecule has 2 aromatic carbocycles. The number of para-hydroxylation sites is 1. The minimum Gasteiger partial charge on any atom is -0.496 e. The molecule has 2 aromatic rings. The monoisotopic (exact) mass is 315 g/mol. The summed E-state index contributed by atoms with van der Waals surface area (Å²) in [5.41, 5.74) is 0.772. The molecule has 0 saturated heterocycles. The third kappa shape index (κ3) is 4.23. The largest absolute Gasteiger partial charge is 0.496 e. The maximum absolute atomic E-state index is 12.2. The molecule has 6 nitrogen and oxygen atoms in total. The van der Waals surface area contributed by atoms with Gasteiger partial charge in [0.15, 0.2) is 6.61 Å². The van der Waals surface area contributed by atoms with Crippen molar-refractivity contribution >= 4 is 17.6 Å². The van der Waals surface area contributed by atoms with E-state index in [1.807, 2.05) is 6.07 Å². The Labute approximate surface area is 134 Å². The number of hydrogen-bond acceptors (Lipinski definition) is 5. The van der Waals surface area contributed by atoms with Gasteiger partial charge in [-0.2, -0.15) is 0 Å². The predicted molar refractivity (Wildman–Crippen MR) is 84.9 cm³/mol. The maximum Gasteiger partial charge on any atom is 0.346 e. The lowest BCUT2D eigenvalue weighted by Crippen LogP contribution is -2.21. The van der Waals surface area contributed by atoms with E-state index in [0.29, 0.717) is 17.2 Å². The van der Waals surface area contributed by atoms with E-state index in [0.717, 1.165) is 0 Å². The Morgan fingerprint density at radius 3 is 2.09 bits per heavy atom. The van der Waals surface area contributed by atoms with Crippen LogP contribution in [0.3, 0.4) is 0 Å². The minimum atomic E-state index is -0.692. The first kappa shape index (κ1) is 16.4. The van der Waals surface area contributed by atoms with Crippen LogP contribution in [0.2, 0.25) is 0 Å². The van der Waals surface area contributed by atoms with E-state index in [4.69, 9.17) is 14.2 Å². The molecule has 1 N–H and O–H groups in total. The summed E-state index contributed by atoms with van der Waals surface area (Å²) in [7, 11) is 2.88. The third-order valence-corrected chi connectivity index (χ3v) is 3.02. The van der Waals surface area contributed by atoms with Gasteiger partial charge in [0, 0.05) is 5.69 Å². The second-order valence-electron chi connectivity index (χ2n) is 4.53. The topological polar surface area (TPSA) is 73.9 Å². The summed E-state index contributed by atoms with van der Waals surface area (Å²) in [6.45, 7) is -0.408. The van der Waals surface area contributed by atoms with Crippen molar-refractivity contribution in [2.75, 3.05) is 26.1 Å². The number of hydrogen-bond donors (Lipinski definition) is 1. The highest BCUT2D eigenvalue weighted by Gasteiger charge is 2.20. The number of amides is 1. The molecule has 6 heteroatoms. The first-order valence-electron chi connectivity index (χ1n) is 6.88. The Morgan fingerprint density at radius 1 is 0.913 bits per heavy atom. The zero-order chi connectivity index (χ0) is 16.7. The van der Waals surface area contributed by atoms with Gasteiger partial charge in [-0.25, -0.2) is 4.79 Å². The first-order chi connectivity index (χ1) is 11.2. The Balaban J connectivity index is 2.01. The maximum atomic E-state index is 12.2. The number of methoxy groups -OCH3 is 2. The second-order valence-corrected chi connectivity index (χ2v) is 4.53. The molecular formula is C17H17NO5. The summed E-state index contributed by atoms with van der Waals surface area (Å²) in [5, 5.41) is 2.63. The fourth-order valence-electron chi connectivity index (χ4n) is 1.97. The van der Waals surface area contributed by atoms with Gasteiger partial charge in [-0.15, -0.1) is 0 Å². The number of benzene rings is 2. The summed E-state index contributed by atoms with van der Waals surface area (Å²) >= 11 is 0. The average molecular weight is 315 g/mol. The SMILES string of the molecule is COc1cccc(OC)c1C(=O)OCC(=O)Nc1ccccc1. The molecule has 0 fully saturated rings. The van der Waals surface area contributed by atoms with E-state index in [1.54, 1.807) is 42.5 Å². The van der Waals surface area contributed by atoms with Crippen molar-refractivity contribution < 1.29 is 23.8 Å². The van der Waals surface area contributed by atoms with Crippen molar-refractivity contribution in [3.63, 3.8) is 0 Å². The van der Waals surface area contributed by atoms with Gasteiger partial charge >= 0.3 is 5.97 Å². The van der Waals surface area contributed by atoms with Gasteiger partial charge in [-0.05, 0) is 24.3 Å². The van der Waals surface area contributed by atoms with E-state index in [2.05, 4.69) is 5.32 Å². The van der Waals surface area contributed by atoms with Gasteiger partial charge in [0.1, 0.15) is 17.1 Å². The van der Waals surface area contributed by atoms with Crippen molar-refractivity contribution in [3.05, 3.63) is 54.1 Å². The molecule has 120 valence electrons. The fourth-order valence-corrected chi connectivity index (χ4v) is 1.97. The Hall–Kier alpha value is -3.02. The number of ether oxygens (including phenoxy) is 3. The molecule has 0 aliphatic heterocycles. The number of carbonyl (C=O) groups excluding carboxylic acids is 2. The molecule has 0 radical (unpaired) electrons. The van der Waals surface area contributed by atoms with Crippen LogP contribution in [0.1, 0.15) is 10.4 Å². The summed E-state index contributed by atoms with van der Waals surface area (Å²) in [5.74, 6) is -0.489. The van der Waals surface area contributed by atoms with Crippen molar-refractivity contribution in [1.82, 2.24) is 0 Å². The minimum absolute atomic E-state index is 0.144. The number of anilines is 1. The van der Waals surface area contributed by atoms with Gasteiger partial charge in [0.2, 0.25) is 0 Å². The predicted octanol–water partition coefficient (Wildman–Crippen LogP) is 2.50. The number of esters is 1. The molecule has 1 amide bonds. The van der Waals surface area contributed by atoms with Crippen LogP contribution in [0.15, 0.2) is 48.5 Å². The Bertz CT molecular complexity index is 662. The lowest BCUT2D eigenvalue weighted by Gasteiger charge is -2.12. The van der Waals surface area contributed by atoms with Gasteiger partial charge in [-0.3, -0.25) is 4.79 Å². The molecule has 0 unspecified atom stereocenters. The van der Waals surface area contributed by atoms with Crippen LogP contribution >= 0.6 is 0 Å². The molecule has 0 aliphatic rings. The van der Waals surface area contributed by atoms with Crippen LogP contribution < -0.4 is 14.8 Å². The van der Waals surface area contributed by atoms with E-state index in [9.17, 15) is 9.59 Å². The lowest BCUT2D eigenvalue weighted by molar-refractivity contribution is -0.119. The average Bonchev–Trinajstić information content (AvgIpc) is 2.59. The zero-order valence-electron chi connectivity index (χ0n) is 12.9. The quantitative estimate of drug-likeness (QED) is 0.829. The molecule has 0 aromatic heterocycles. The van der Waals surface area contributed by atoms with E-state index in [1.165, 1.54) is 14.2 Å². The normalized spacial score (nSPS) is 9.83. The third-order valence-electron chi connectivity index (χ3n) is 3.02. The highest BCUT2D eigenvalue weighted by atomic mass is 16.5. The number of rotatable bonds is 6. The standard InChI is InChI=1S/C17H17NO5/c1-21-13-9-6-10-14(22-2)16(13)17(20)23-11-15(19)18-12-7-4-3-5-8-12/h3-10H,11H2,1-2H3,(H,18,19). The Morgan fingerprint density at radius 2 is 1.52 bits per heavy atom. The highest BCUT2D eigenvalue weighted by Crippen LogP contribution is 2.28. The van der Waals surface area contributed by atoms with E-state index < -0.39 is 18.5 Å². The summed E-state index contributed by atoms with van der Waals surface area (Å²) in [6.07, 6.45) is 0. The molecule has 0 spiro atoms. The molecule has 0 bridgehead atoms. The van der Waals surface area contributed by atoms with Crippen molar-refractivity contribution in [1.29, 1.82) is 0 Å². The summed E-state index contributed by atoms with van der Waals surface area (Å²) in [4.78, 5) is 24.0. The summed E-state index contributed by atoms with van der Waals surface area (Å²) < 4.78 is 15.3. The van der Waals surface area contributed by atoms with E-state index in [-0.39, 0.29) is 5.56 Å². The van der Waals surface area contributed by atoms with Crippen LogP contribution in [-0.2, 0) is 9.53 Å². The van der Waals surface area contributed by atoms with Crippen LogP contribution in [0.5, 0.6) is 11.5 Å². The molecule has 0 saturated carbocycles. The number of carbonyl (C=O) groups is 2. The molecular weight excluding hydrogens is 298 g/mol. The van der Waals surface area contributed by atoms with Crippen LogP contribution in [0.4, 0.5) is 5.69 Å². The van der Waals surface area contributed by atoms with Crippen LogP contribution in [0.25, 0.3) is 0 Å². The zero-order valence-corrected chi connectivity index (χ0v) is 12.9. The first-order valence-corrected chi connectivity index (χ1v) is 6.88. The van der Waals surface area contributed by atoms with Crippen molar-refractivity contribution in [3.8, 4) is 11.5 Å². The molecule has 0 heterocycles. The van der Waals surface area contributed by atoms with Crippen LogP contribution in [0, 0.1) is 0 Å². The van der Waals surface area contributed by atoms with Gasteiger partial charge < -0.3 is 19.5 Å². The van der Waals surface area contributed by atoms with Gasteiger partial charge in [0.05, 0.1) is 14.2 Å². The van der Waals surface area contributed by atoms with Crippen LogP contribution in [-0.4, -0.2) is 32.7 Å². The smallest absolute Gasteiger partial charge is 0.346 e. The summed E-state index contributed by atoms with van der Waals surface area (Å²) in [6, 6.07) is 13.8. The van der Waals surface area contributed by atoms with E-state index >= 15 is 0 Å². The van der Waals surface area contributed by atoms with Crippen molar-refractivity contribution in [2.24, 2.45) is 0 Å². The van der Waals surface area contributed by atoms with Gasteiger partial charge in [0.25, 0.3) is 5.91 Å². The molecule has 0 atom stereocenters. The highest BCUT2D eigenvalue weighted by molar-refractivity contribution is 5.98. The van der Waals surface area contributed by atoms with Crippen molar-refractivity contribution in [2.45, 2.75) is 0 Å². The number of nitrogens with one attached hydrogen (secondary N) is 1. The second kappa shape index (κ2) is 7.84. The fraction of sp³-hybridized carbons (Fsp3) is 0.176. The molecule has 23 heavy (non-hydrogen) atoms. The van der Waals surface area contributed by atoms with Gasteiger partial charge in [-0.1, -0.05) is 24.3 Å².